The highest BCUT2D eigenvalue weighted by molar-refractivity contribution is 5.83. The minimum absolute atomic E-state index is 0.0877. The van der Waals surface area contributed by atoms with Crippen LogP contribution in [0.25, 0.3) is 10.9 Å². The number of nitrogens with one attached hydrogen (secondary N) is 3. The van der Waals surface area contributed by atoms with Gasteiger partial charge in [-0.2, -0.15) is 15.1 Å². The summed E-state index contributed by atoms with van der Waals surface area (Å²) in [4.78, 5) is 20.3. The first-order chi connectivity index (χ1) is 18.4. The Morgan fingerprint density at radius 3 is 2.50 bits per heavy atom. The van der Waals surface area contributed by atoms with Crippen molar-refractivity contribution in [3.05, 3.63) is 71.8 Å². The van der Waals surface area contributed by atoms with Crippen molar-refractivity contribution in [1.29, 1.82) is 0 Å². The molecule has 0 spiro atoms. The molecule has 0 atom stereocenters. The van der Waals surface area contributed by atoms with Crippen molar-refractivity contribution < 1.29 is 13.5 Å². The Morgan fingerprint density at radius 2 is 1.76 bits per heavy atom. The molecule has 38 heavy (non-hydrogen) atoms. The molecule has 0 bridgehead atoms. The second-order valence-electron chi connectivity index (χ2n) is 9.15. The highest BCUT2D eigenvalue weighted by atomic mass is 19.1. The van der Waals surface area contributed by atoms with Crippen molar-refractivity contribution >= 4 is 34.0 Å². The van der Waals surface area contributed by atoms with Crippen molar-refractivity contribution in [3.8, 4) is 11.8 Å². The number of anilines is 4. The number of rotatable bonds is 6. The third kappa shape index (κ3) is 4.67. The Labute approximate surface area is 216 Å². The maximum Gasteiger partial charge on any atom is 0.326 e. The van der Waals surface area contributed by atoms with Crippen LogP contribution in [0.5, 0.6) is 11.8 Å². The van der Waals surface area contributed by atoms with Gasteiger partial charge in [0.15, 0.2) is 23.2 Å². The molecular formula is C26H25F2N9O. The summed E-state index contributed by atoms with van der Waals surface area (Å²) in [5, 5.41) is 10.3. The van der Waals surface area contributed by atoms with E-state index in [2.05, 4.69) is 45.2 Å². The number of aryl methyl sites for hydroxylation is 2. The predicted molar refractivity (Wildman–Crippen MR) is 140 cm³/mol. The first kappa shape index (κ1) is 23.6. The van der Waals surface area contributed by atoms with Crippen molar-refractivity contribution in [1.82, 2.24) is 30.1 Å². The molecule has 1 aromatic carbocycles. The molecule has 1 saturated heterocycles. The van der Waals surface area contributed by atoms with E-state index in [1.165, 1.54) is 6.07 Å². The molecule has 1 aliphatic heterocycles. The highest BCUT2D eigenvalue weighted by Crippen LogP contribution is 2.33. The normalized spacial score (nSPS) is 13.8. The Balaban J connectivity index is 1.31. The van der Waals surface area contributed by atoms with Gasteiger partial charge >= 0.3 is 6.01 Å². The number of pyridine rings is 1. The minimum Gasteiger partial charge on any atom is -0.421 e. The number of benzene rings is 1. The standard InChI is InChI=1S/C26H25F2N9O/c1-15-10-18-24(28)20(12-19(27)25(18)30-15)38-26-32-21(31-22-11-16(2)34-35-22)13-23(33-26)37-8-6-36(7-9-37)17-4-3-5-29-14-17/h3-5,10-14,30H,6-9H2,1-2H3,(H2,31,32,33,34,35). The zero-order valence-electron chi connectivity index (χ0n) is 20.8. The molecule has 4 aromatic heterocycles. The van der Waals surface area contributed by atoms with Crippen LogP contribution in [0, 0.1) is 25.5 Å². The Kier molecular flexibility index (Phi) is 5.98. The van der Waals surface area contributed by atoms with E-state index < -0.39 is 11.6 Å². The molecule has 5 aromatic rings. The summed E-state index contributed by atoms with van der Waals surface area (Å²) >= 11 is 0. The van der Waals surface area contributed by atoms with E-state index in [0.717, 1.165) is 30.5 Å². The van der Waals surface area contributed by atoms with Gasteiger partial charge < -0.3 is 24.8 Å². The van der Waals surface area contributed by atoms with Crippen LogP contribution >= 0.6 is 0 Å². The molecule has 10 nitrogen and oxygen atoms in total. The lowest BCUT2D eigenvalue weighted by molar-refractivity contribution is 0.410. The topological polar surface area (TPSA) is 111 Å². The molecule has 0 saturated carbocycles. The van der Waals surface area contributed by atoms with E-state index in [9.17, 15) is 4.39 Å². The number of halogens is 2. The largest absolute Gasteiger partial charge is 0.421 e. The average molecular weight is 518 g/mol. The summed E-state index contributed by atoms with van der Waals surface area (Å²) in [6, 6.07) is 9.98. The second kappa shape index (κ2) is 9.61. The molecule has 0 radical (unpaired) electrons. The predicted octanol–water partition coefficient (Wildman–Crippen LogP) is 4.83. The molecule has 3 N–H and O–H groups in total. The third-order valence-corrected chi connectivity index (χ3v) is 6.37. The monoisotopic (exact) mass is 517 g/mol. The molecule has 194 valence electrons. The molecule has 6 rings (SSSR count). The molecule has 0 aliphatic carbocycles. The van der Waals surface area contributed by atoms with E-state index in [1.807, 2.05) is 31.3 Å². The van der Waals surface area contributed by atoms with Gasteiger partial charge in [0.1, 0.15) is 11.6 Å². The van der Waals surface area contributed by atoms with Gasteiger partial charge in [0.25, 0.3) is 0 Å². The lowest BCUT2D eigenvalue weighted by Crippen LogP contribution is -2.46. The number of fused-ring (bicyclic) bond motifs is 1. The lowest BCUT2D eigenvalue weighted by atomic mass is 10.2. The number of hydrogen-bond acceptors (Lipinski definition) is 8. The second-order valence-corrected chi connectivity index (χ2v) is 9.15. The SMILES string of the molecule is Cc1cc(Nc2cc(N3CCN(c4cccnc4)CC3)nc(Oc3cc(F)c4[nH]c(C)cc4c3F)n2)n[nH]1. The van der Waals surface area contributed by atoms with Gasteiger partial charge in [-0.05, 0) is 32.0 Å². The smallest absolute Gasteiger partial charge is 0.326 e. The van der Waals surface area contributed by atoms with E-state index in [4.69, 9.17) is 4.74 Å². The van der Waals surface area contributed by atoms with Crippen LogP contribution < -0.4 is 19.9 Å². The summed E-state index contributed by atoms with van der Waals surface area (Å²) in [6.07, 6.45) is 3.60. The minimum atomic E-state index is -0.692. The summed E-state index contributed by atoms with van der Waals surface area (Å²) in [6.45, 7) is 6.51. The number of nitrogens with zero attached hydrogens (tertiary/aromatic N) is 6. The van der Waals surface area contributed by atoms with Gasteiger partial charge in [-0.25, -0.2) is 8.78 Å². The molecule has 12 heteroatoms. The van der Waals surface area contributed by atoms with E-state index in [1.54, 1.807) is 19.2 Å². The first-order valence-corrected chi connectivity index (χ1v) is 12.2. The molecule has 1 fully saturated rings. The van der Waals surface area contributed by atoms with Crippen LogP contribution in [0.15, 0.2) is 48.8 Å². The van der Waals surface area contributed by atoms with Crippen LogP contribution in [0.4, 0.5) is 31.9 Å². The fourth-order valence-electron chi connectivity index (χ4n) is 4.54. The Morgan fingerprint density at radius 1 is 0.947 bits per heavy atom. The van der Waals surface area contributed by atoms with Gasteiger partial charge in [0.2, 0.25) is 0 Å². The van der Waals surface area contributed by atoms with Gasteiger partial charge in [0, 0.05) is 67.3 Å². The van der Waals surface area contributed by atoms with E-state index in [0.29, 0.717) is 36.2 Å². The third-order valence-electron chi connectivity index (χ3n) is 6.37. The zero-order chi connectivity index (χ0) is 26.2. The number of H-pyrrole nitrogens is 2. The van der Waals surface area contributed by atoms with Gasteiger partial charge in [-0.1, -0.05) is 0 Å². The number of aromatic amines is 2. The van der Waals surface area contributed by atoms with E-state index in [-0.39, 0.29) is 22.7 Å². The molecule has 5 heterocycles. The number of piperazine rings is 1. The van der Waals surface area contributed by atoms with Gasteiger partial charge in [-0.15, -0.1) is 0 Å². The first-order valence-electron chi connectivity index (χ1n) is 12.2. The summed E-state index contributed by atoms with van der Waals surface area (Å²) in [5.41, 5.74) is 2.66. The van der Waals surface area contributed by atoms with Crippen molar-refractivity contribution in [2.75, 3.05) is 41.3 Å². The van der Waals surface area contributed by atoms with Crippen molar-refractivity contribution in [2.24, 2.45) is 0 Å². The highest BCUT2D eigenvalue weighted by Gasteiger charge is 2.22. The van der Waals surface area contributed by atoms with Crippen molar-refractivity contribution in [2.45, 2.75) is 13.8 Å². The number of aromatic nitrogens is 6. The van der Waals surface area contributed by atoms with Gasteiger partial charge in [0.05, 0.1) is 17.4 Å². The van der Waals surface area contributed by atoms with E-state index >= 15 is 4.39 Å². The molecular weight excluding hydrogens is 492 g/mol. The summed E-state index contributed by atoms with van der Waals surface area (Å²) in [7, 11) is 0. The summed E-state index contributed by atoms with van der Waals surface area (Å²) in [5.74, 6) is -0.0597. The van der Waals surface area contributed by atoms with Crippen LogP contribution in [0.2, 0.25) is 0 Å². The molecule has 0 amide bonds. The number of hydrogen-bond donors (Lipinski definition) is 3. The van der Waals surface area contributed by atoms with Gasteiger partial charge in [-0.3, -0.25) is 10.1 Å². The number of ether oxygens (including phenoxy) is 1. The van der Waals surface area contributed by atoms with Crippen LogP contribution in [-0.2, 0) is 0 Å². The fraction of sp³-hybridized carbons (Fsp3) is 0.231. The fourth-order valence-corrected chi connectivity index (χ4v) is 4.54. The maximum absolute atomic E-state index is 15.2. The quantitative estimate of drug-likeness (QED) is 0.294. The molecule has 1 aliphatic rings. The molecule has 0 unspecified atom stereocenters. The average Bonchev–Trinajstić information content (AvgIpc) is 3.53. The lowest BCUT2D eigenvalue weighted by Gasteiger charge is -2.36. The Hall–Kier alpha value is -4.74. The van der Waals surface area contributed by atoms with Crippen LogP contribution in [0.1, 0.15) is 11.4 Å². The van der Waals surface area contributed by atoms with Crippen LogP contribution in [-0.4, -0.2) is 56.3 Å². The van der Waals surface area contributed by atoms with Crippen LogP contribution in [0.3, 0.4) is 0 Å². The zero-order valence-corrected chi connectivity index (χ0v) is 20.8. The maximum atomic E-state index is 15.2. The Bertz CT molecular complexity index is 1590. The van der Waals surface area contributed by atoms with Crippen molar-refractivity contribution in [3.63, 3.8) is 0 Å². The summed E-state index contributed by atoms with van der Waals surface area (Å²) < 4.78 is 35.7.